The van der Waals surface area contributed by atoms with Crippen molar-refractivity contribution in [1.29, 1.82) is 0 Å². The summed E-state index contributed by atoms with van der Waals surface area (Å²) in [5.74, 6) is 1.49. The number of carbonyl (C=O) groups excluding carboxylic acids is 1. The average molecular weight is 343 g/mol. The normalized spacial score (nSPS) is 30.6. The van der Waals surface area contributed by atoms with Gasteiger partial charge in [-0.3, -0.25) is 9.00 Å². The van der Waals surface area contributed by atoms with E-state index >= 15 is 0 Å². The van der Waals surface area contributed by atoms with E-state index in [-0.39, 0.29) is 30.3 Å². The van der Waals surface area contributed by atoms with Crippen molar-refractivity contribution in [2.24, 2.45) is 23.5 Å². The highest BCUT2D eigenvalue weighted by molar-refractivity contribution is 7.83. The highest BCUT2D eigenvalue weighted by Gasteiger charge is 2.49. The van der Waals surface area contributed by atoms with Crippen LogP contribution in [-0.2, 0) is 21.3 Å². The molecule has 2 bridgehead atoms. The number of hydrogen-bond acceptors (Lipinski definition) is 3. The first kappa shape index (κ1) is 17.4. The molecule has 122 valence electrons. The number of nitrogens with two attached hydrogens (primary N) is 1. The summed E-state index contributed by atoms with van der Waals surface area (Å²) in [6, 6.07) is 7.60. The summed E-state index contributed by atoms with van der Waals surface area (Å²) in [7, 11) is -0.879. The lowest BCUT2D eigenvalue weighted by atomic mass is 9.84. The predicted molar refractivity (Wildman–Crippen MR) is 92.4 cm³/mol. The van der Waals surface area contributed by atoms with Gasteiger partial charge in [0.2, 0.25) is 5.91 Å². The van der Waals surface area contributed by atoms with Crippen LogP contribution in [0.2, 0.25) is 0 Å². The molecule has 6 heteroatoms. The molecule has 1 amide bonds. The number of amides is 1. The first-order valence-corrected chi connectivity index (χ1v) is 9.22. The molecule has 4 nitrogen and oxygen atoms in total. The van der Waals surface area contributed by atoms with Gasteiger partial charge in [-0.2, -0.15) is 0 Å². The highest BCUT2D eigenvalue weighted by Crippen LogP contribution is 2.47. The second-order valence-corrected chi connectivity index (χ2v) is 7.78. The van der Waals surface area contributed by atoms with E-state index < -0.39 is 10.8 Å². The van der Waals surface area contributed by atoms with Gasteiger partial charge in [-0.25, -0.2) is 0 Å². The minimum Gasteiger partial charge on any atom is -0.327 e. The molecule has 0 saturated heterocycles. The number of hydrogen-bond donors (Lipinski definition) is 2. The molecule has 3 N–H and O–H groups in total. The van der Waals surface area contributed by atoms with Gasteiger partial charge < -0.3 is 11.1 Å². The summed E-state index contributed by atoms with van der Waals surface area (Å²) in [5, 5.41) is 2.99. The Morgan fingerprint density at radius 2 is 2.09 bits per heavy atom. The quantitative estimate of drug-likeness (QED) is 0.881. The average Bonchev–Trinajstić information content (AvgIpc) is 2.98. The highest BCUT2D eigenvalue weighted by atomic mass is 35.5. The first-order valence-electron chi connectivity index (χ1n) is 7.50. The molecule has 1 aromatic carbocycles. The molecule has 5 atom stereocenters. The van der Waals surface area contributed by atoms with E-state index in [2.05, 4.69) is 5.32 Å². The van der Waals surface area contributed by atoms with Crippen molar-refractivity contribution in [3.8, 4) is 0 Å². The summed E-state index contributed by atoms with van der Waals surface area (Å²) >= 11 is 0. The third-order valence-electron chi connectivity index (χ3n) is 4.85. The Balaban J connectivity index is 0.00000176. The van der Waals surface area contributed by atoms with Crippen LogP contribution in [0.3, 0.4) is 0 Å². The monoisotopic (exact) mass is 342 g/mol. The zero-order valence-corrected chi connectivity index (χ0v) is 14.3. The largest absolute Gasteiger partial charge is 0.327 e. The van der Waals surface area contributed by atoms with Gasteiger partial charge in [0.15, 0.2) is 0 Å². The third kappa shape index (κ3) is 3.53. The second kappa shape index (κ2) is 7.11. The SMILES string of the molecule is CS(=O)Cc1cccc(NC(=O)C2C3CCC(C3)C2N)c1.Cl. The van der Waals surface area contributed by atoms with Gasteiger partial charge in [0.05, 0.1) is 5.92 Å². The van der Waals surface area contributed by atoms with Crippen molar-refractivity contribution in [2.75, 3.05) is 11.6 Å². The van der Waals surface area contributed by atoms with Crippen LogP contribution in [0.25, 0.3) is 0 Å². The number of carbonyl (C=O) groups is 1. The van der Waals surface area contributed by atoms with Crippen molar-refractivity contribution in [2.45, 2.75) is 31.1 Å². The zero-order valence-electron chi connectivity index (χ0n) is 12.7. The standard InChI is InChI=1S/C16H22N2O2S.ClH/c1-21(20)9-10-3-2-4-13(7-10)18-16(19)14-11-5-6-12(8-11)15(14)17;/h2-4,7,11-12,14-15H,5-6,8-9,17H2,1H3,(H,18,19);1H. The number of fused-ring (bicyclic) bond motifs is 2. The predicted octanol–water partition coefficient (Wildman–Crippen LogP) is 2.30. The van der Waals surface area contributed by atoms with Crippen LogP contribution in [-0.4, -0.2) is 22.4 Å². The van der Waals surface area contributed by atoms with Crippen LogP contribution in [0.5, 0.6) is 0 Å². The maximum atomic E-state index is 12.5. The van der Waals surface area contributed by atoms with Crippen LogP contribution in [0, 0.1) is 17.8 Å². The van der Waals surface area contributed by atoms with Gasteiger partial charge in [-0.05, 0) is 48.8 Å². The fraction of sp³-hybridized carbons (Fsp3) is 0.562. The van der Waals surface area contributed by atoms with Crippen LogP contribution >= 0.6 is 12.4 Å². The Kier molecular flexibility index (Phi) is 5.64. The fourth-order valence-corrected chi connectivity index (χ4v) is 4.57. The summed E-state index contributed by atoms with van der Waals surface area (Å²) in [6.07, 6.45) is 5.09. The molecule has 0 heterocycles. The van der Waals surface area contributed by atoms with Gasteiger partial charge >= 0.3 is 0 Å². The molecule has 2 aliphatic rings. The number of nitrogens with one attached hydrogen (secondary N) is 1. The lowest BCUT2D eigenvalue weighted by molar-refractivity contribution is -0.121. The van der Waals surface area contributed by atoms with Crippen molar-refractivity contribution in [3.05, 3.63) is 29.8 Å². The molecule has 5 unspecified atom stereocenters. The molecule has 0 aliphatic heterocycles. The molecule has 2 aliphatic carbocycles. The smallest absolute Gasteiger partial charge is 0.229 e. The Labute approximate surface area is 140 Å². The van der Waals surface area contributed by atoms with Crippen molar-refractivity contribution in [1.82, 2.24) is 0 Å². The number of rotatable bonds is 4. The first-order chi connectivity index (χ1) is 10.0. The van der Waals surface area contributed by atoms with E-state index in [0.717, 1.165) is 24.1 Å². The van der Waals surface area contributed by atoms with Crippen LogP contribution < -0.4 is 11.1 Å². The van der Waals surface area contributed by atoms with Crippen LogP contribution in [0.1, 0.15) is 24.8 Å². The summed E-state index contributed by atoms with van der Waals surface area (Å²) in [6.45, 7) is 0. The van der Waals surface area contributed by atoms with Crippen molar-refractivity contribution in [3.63, 3.8) is 0 Å². The number of halogens is 1. The molecule has 0 radical (unpaired) electrons. The lowest BCUT2D eigenvalue weighted by Gasteiger charge is -2.27. The van der Waals surface area contributed by atoms with Crippen molar-refractivity contribution >= 4 is 34.8 Å². The summed E-state index contributed by atoms with van der Waals surface area (Å²) < 4.78 is 11.3. The molecular formula is C16H23ClN2O2S. The molecule has 3 rings (SSSR count). The van der Waals surface area contributed by atoms with Gasteiger partial charge in [-0.15, -0.1) is 12.4 Å². The van der Waals surface area contributed by atoms with E-state index in [1.807, 2.05) is 24.3 Å². The fourth-order valence-electron chi connectivity index (χ4n) is 3.92. The molecule has 0 spiro atoms. The van der Waals surface area contributed by atoms with Gasteiger partial charge in [0.1, 0.15) is 0 Å². The number of benzene rings is 1. The van der Waals surface area contributed by atoms with E-state index in [0.29, 0.717) is 17.6 Å². The minimum absolute atomic E-state index is 0. The summed E-state index contributed by atoms with van der Waals surface area (Å²) in [5.41, 5.74) is 7.97. The third-order valence-corrected chi connectivity index (χ3v) is 5.59. The Bertz CT molecular complexity index is 579. The van der Waals surface area contributed by atoms with Crippen LogP contribution in [0.4, 0.5) is 5.69 Å². The minimum atomic E-state index is -0.879. The second-order valence-electron chi connectivity index (χ2n) is 6.34. The molecular weight excluding hydrogens is 320 g/mol. The molecule has 1 aromatic rings. The van der Waals surface area contributed by atoms with Gasteiger partial charge in [0, 0.05) is 34.5 Å². The molecule has 2 fully saturated rings. The summed E-state index contributed by atoms with van der Waals surface area (Å²) in [4.78, 5) is 12.5. The van der Waals surface area contributed by atoms with Gasteiger partial charge in [-0.1, -0.05) is 12.1 Å². The maximum Gasteiger partial charge on any atom is 0.229 e. The van der Waals surface area contributed by atoms with Gasteiger partial charge in [0.25, 0.3) is 0 Å². The Hall–Kier alpha value is -0.910. The van der Waals surface area contributed by atoms with Crippen molar-refractivity contribution < 1.29 is 9.00 Å². The Morgan fingerprint density at radius 1 is 1.36 bits per heavy atom. The van der Waals surface area contributed by atoms with E-state index in [1.54, 1.807) is 6.26 Å². The Morgan fingerprint density at radius 3 is 2.73 bits per heavy atom. The topological polar surface area (TPSA) is 72.2 Å². The zero-order chi connectivity index (χ0) is 15.0. The number of anilines is 1. The lowest BCUT2D eigenvalue weighted by Crippen LogP contribution is -2.42. The molecule has 2 saturated carbocycles. The molecule has 22 heavy (non-hydrogen) atoms. The van der Waals surface area contributed by atoms with E-state index in [9.17, 15) is 9.00 Å². The van der Waals surface area contributed by atoms with E-state index in [4.69, 9.17) is 5.73 Å². The maximum absolute atomic E-state index is 12.5. The van der Waals surface area contributed by atoms with Crippen LogP contribution in [0.15, 0.2) is 24.3 Å². The van der Waals surface area contributed by atoms with E-state index in [1.165, 1.54) is 6.42 Å². The molecule has 0 aromatic heterocycles.